The molecule has 0 aliphatic carbocycles. The molecule has 5 heterocycles. The van der Waals surface area contributed by atoms with Crippen molar-refractivity contribution in [1.29, 1.82) is 32.5 Å². The molecule has 778 valence electrons. The molecule has 16 atom stereocenters. The highest BCUT2D eigenvalue weighted by Crippen LogP contribution is 2.29. The van der Waals surface area contributed by atoms with Gasteiger partial charge in [0, 0.05) is 99.4 Å². The normalized spacial score (nSPS) is 23.5. The first kappa shape index (κ1) is 114. The number of fused-ring (bicyclic) bond motifs is 4. The molecule has 14 amide bonds. The van der Waals surface area contributed by atoms with Gasteiger partial charge in [-0.2, -0.15) is 0 Å². The van der Waals surface area contributed by atoms with Crippen LogP contribution in [0.5, 0.6) is 0 Å². The van der Waals surface area contributed by atoms with Gasteiger partial charge in [-0.15, -0.1) is 0 Å². The van der Waals surface area contributed by atoms with Crippen LogP contribution in [-0.2, 0) is 80.0 Å². The van der Waals surface area contributed by atoms with Gasteiger partial charge in [-0.25, -0.2) is 0 Å². The van der Waals surface area contributed by atoms with E-state index in [2.05, 4.69) is 106 Å². The van der Waals surface area contributed by atoms with E-state index in [4.69, 9.17) is 72.6 Å². The molecular weight excluding hydrogens is 1820 g/mol. The predicted molar refractivity (Wildman–Crippen MR) is 533 cm³/mol. The lowest BCUT2D eigenvalue weighted by atomic mass is 9.95. The first-order valence-corrected chi connectivity index (χ1v) is 48.8. The lowest BCUT2D eigenvalue weighted by molar-refractivity contribution is -0.148. The fraction of sp³-hybridized carbons (Fsp3) is 0.609. The van der Waals surface area contributed by atoms with Gasteiger partial charge in [0.1, 0.15) is 84.6 Å². The van der Waals surface area contributed by atoms with Crippen molar-refractivity contribution in [2.75, 3.05) is 58.9 Å². The van der Waals surface area contributed by atoms with E-state index in [-0.39, 0.29) is 212 Å². The lowest BCUT2D eigenvalue weighted by Crippen LogP contribution is -2.62. The van der Waals surface area contributed by atoms with Gasteiger partial charge in [-0.1, -0.05) is 90.8 Å². The number of hydrogen-bond acceptors (Lipinski definition) is 21. The van der Waals surface area contributed by atoms with Crippen LogP contribution in [0, 0.1) is 50.2 Å². The maximum Gasteiger partial charge on any atom is 0.246 e. The number of benzene rings is 2. The van der Waals surface area contributed by atoms with E-state index in [1.165, 1.54) is 9.80 Å². The Morgan fingerprint density at radius 2 is 0.617 bits per heavy atom. The summed E-state index contributed by atoms with van der Waals surface area (Å²) in [5.74, 6) is -16.4. The zero-order valence-electron chi connectivity index (χ0n) is 81.6. The third-order valence-corrected chi connectivity index (χ3v) is 25.3. The fourth-order valence-corrected chi connectivity index (χ4v) is 17.3. The van der Waals surface area contributed by atoms with Crippen molar-refractivity contribution < 1.29 is 67.1 Å². The van der Waals surface area contributed by atoms with Crippen LogP contribution in [0.25, 0.3) is 21.8 Å². The summed E-state index contributed by atoms with van der Waals surface area (Å²) in [6.07, 6.45) is 3.74. The minimum Gasteiger partial charge on any atom is -0.370 e. The topological polar surface area (TPSA) is 819 Å². The second-order valence-corrected chi connectivity index (χ2v) is 36.7. The molecule has 3 aliphatic heterocycles. The van der Waals surface area contributed by atoms with Crippen LogP contribution in [0.2, 0.25) is 0 Å². The van der Waals surface area contributed by atoms with Crippen LogP contribution < -0.4 is 136 Å². The summed E-state index contributed by atoms with van der Waals surface area (Å²) < 4.78 is 0. The number of carbonyl (C=O) groups excluding carboxylic acids is 14. The molecule has 2 aromatic heterocycles. The molecule has 3 saturated heterocycles. The molecule has 49 heteroatoms. The van der Waals surface area contributed by atoms with Gasteiger partial charge in [0.2, 0.25) is 82.7 Å². The molecule has 7 rings (SSSR count). The van der Waals surface area contributed by atoms with Crippen molar-refractivity contribution in [3.05, 3.63) is 72.1 Å². The van der Waals surface area contributed by atoms with E-state index in [9.17, 15) is 0 Å². The van der Waals surface area contributed by atoms with E-state index in [0.29, 0.717) is 39.4 Å². The van der Waals surface area contributed by atoms with E-state index in [1.807, 2.05) is 0 Å². The first-order valence-electron chi connectivity index (χ1n) is 48.8. The number of nitrogens with zero attached hydrogens (tertiary/aromatic N) is 2. The highest BCUT2D eigenvalue weighted by Gasteiger charge is 2.46. The number of aromatic amines is 2. The number of nitrogens with one attached hydrogen (secondary N) is 26. The molecule has 0 spiro atoms. The summed E-state index contributed by atoms with van der Waals surface area (Å²) >= 11 is 0. The minimum atomic E-state index is -1.59. The van der Waals surface area contributed by atoms with Crippen LogP contribution in [0.3, 0.4) is 0 Å². The van der Waals surface area contributed by atoms with E-state index < -0.39 is 215 Å². The van der Waals surface area contributed by atoms with Gasteiger partial charge in [0.25, 0.3) is 0 Å². The second-order valence-electron chi connectivity index (χ2n) is 36.7. The summed E-state index contributed by atoms with van der Waals surface area (Å²) in [5.41, 5.74) is 42.6. The Kier molecular flexibility index (Phi) is 46.7. The van der Waals surface area contributed by atoms with Gasteiger partial charge >= 0.3 is 0 Å². The average Bonchev–Trinajstić information content (AvgIpc) is 1.66. The highest BCUT2D eigenvalue weighted by atomic mass is 16.2. The van der Waals surface area contributed by atoms with Gasteiger partial charge < -0.3 is 156 Å². The predicted octanol–water partition coefficient (Wildman–Crippen LogP) is -3.91. The molecule has 3 aliphatic rings. The molecule has 3 fully saturated rings. The van der Waals surface area contributed by atoms with Crippen LogP contribution in [0.15, 0.2) is 60.9 Å². The third kappa shape index (κ3) is 36.8. The summed E-state index contributed by atoms with van der Waals surface area (Å²) in [7, 11) is 0. The Morgan fingerprint density at radius 1 is 0.340 bits per heavy atom. The number of para-hydroxylation sites is 2. The van der Waals surface area contributed by atoms with E-state index in [1.54, 1.807) is 102 Å². The Labute approximate surface area is 820 Å². The van der Waals surface area contributed by atoms with Gasteiger partial charge in [-0.05, 0) is 176 Å². The van der Waals surface area contributed by atoms with Crippen LogP contribution in [-0.4, -0.2) is 282 Å². The summed E-state index contributed by atoms with van der Waals surface area (Å²) in [6, 6.07) is -6.35. The fourth-order valence-electron chi connectivity index (χ4n) is 17.3. The number of rotatable bonds is 38. The van der Waals surface area contributed by atoms with Gasteiger partial charge in [-0.3, -0.25) is 99.6 Å². The Bertz CT molecular complexity index is 4970. The number of guanidine groups is 6. The quantitative estimate of drug-likeness (QED) is 0.0116. The summed E-state index contributed by atoms with van der Waals surface area (Å²) in [5, 5.41) is 98.7. The number of nitrogens with two attached hydrogens (primary N) is 7. The molecule has 0 radical (unpaired) electrons. The number of hydrogen-bond donors (Lipinski definition) is 33. The second kappa shape index (κ2) is 57.9. The van der Waals surface area contributed by atoms with E-state index >= 15 is 67.1 Å². The molecule has 40 N–H and O–H groups in total. The van der Waals surface area contributed by atoms with Crippen molar-refractivity contribution in [2.24, 2.45) is 57.9 Å². The SMILES string of the molecule is CC[C@H](C)[C@@H]1NC(=O)[C@H](CCCNC(=N)N)NC(=O)[C@H]([C@@H](C)CC)NC(=O)[C@H](CCCNC(=N)N)NC(=O)[C@H](Cc2c[nH]c3ccccc23)NC(=O)[C@@H]2CCCN2C(=O)[C@H]2CCCN2C(=O)[C@H](CCCNC(=N)N)NC(=O)[C@H](CCCNC(=N)N)NC(=O)[C@H](CC(C)C)NC(=O)[C@H](CCCNC(=N)N)NC(=O)[C@H](CCCCN)NC(=O)[C@H](Cc2c[nH]c3ccccc23)NC(=O)[C@H](CCCNC(=N)N)NC1=O. The molecule has 49 nitrogen and oxygen atoms in total. The minimum absolute atomic E-state index is 0.00424. The van der Waals surface area contributed by atoms with Crippen LogP contribution >= 0.6 is 0 Å². The number of amides is 14. The maximum absolute atomic E-state index is 15.6. The summed E-state index contributed by atoms with van der Waals surface area (Å²) in [4.78, 5) is 225. The zero-order chi connectivity index (χ0) is 104. The van der Waals surface area contributed by atoms with Crippen molar-refractivity contribution >= 4 is 140 Å². The molecule has 4 aromatic rings. The van der Waals surface area contributed by atoms with Crippen molar-refractivity contribution in [1.82, 2.24) is 115 Å². The first-order chi connectivity index (χ1) is 67.2. The largest absolute Gasteiger partial charge is 0.370 e. The maximum atomic E-state index is 15.6. The summed E-state index contributed by atoms with van der Waals surface area (Å²) in [6.45, 7) is 10.6. The number of aromatic nitrogens is 2. The van der Waals surface area contributed by atoms with Gasteiger partial charge in [0.15, 0.2) is 35.8 Å². The zero-order valence-corrected chi connectivity index (χ0v) is 81.6. The molecule has 0 saturated carbocycles. The number of unbranched alkanes of at least 4 members (excludes halogenated alkanes) is 1. The lowest BCUT2D eigenvalue weighted by Gasteiger charge is -2.34. The molecule has 0 bridgehead atoms. The monoisotopic (exact) mass is 1970 g/mol. The smallest absolute Gasteiger partial charge is 0.246 e. The third-order valence-electron chi connectivity index (χ3n) is 25.3. The average molecular weight is 1970 g/mol. The van der Waals surface area contributed by atoms with E-state index in [0.717, 1.165) is 0 Å². The van der Waals surface area contributed by atoms with Crippen molar-refractivity contribution in [3.8, 4) is 0 Å². The number of H-pyrrole nitrogens is 2. The Balaban J connectivity index is 1.39. The van der Waals surface area contributed by atoms with Crippen LogP contribution in [0.4, 0.5) is 0 Å². The molecule has 2 aromatic carbocycles. The Morgan fingerprint density at radius 3 is 0.957 bits per heavy atom. The number of carbonyl (C=O) groups is 14. The van der Waals surface area contributed by atoms with Crippen molar-refractivity contribution in [3.63, 3.8) is 0 Å². The van der Waals surface area contributed by atoms with Crippen LogP contribution in [0.1, 0.15) is 194 Å². The van der Waals surface area contributed by atoms with Gasteiger partial charge in [0.05, 0.1) is 0 Å². The molecule has 0 unspecified atom stereocenters. The highest BCUT2D eigenvalue weighted by molar-refractivity contribution is 6.02. The standard InChI is InChI=1S/C92H151N35O14/c1-7-51(5)71-83(138)118-62(30-17-39-108-89(98)99)76(131)122-67(46-53-48-112-57-25-11-9-23-55(53)57)80(135)115-59(27-13-14-36-93)73(128)114-61(29-16-38-107-88(96)97)75(130)121-66(45-50(3)4)79(134)116-60(28-15-37-106-87(94)95)74(129)120-65(33-20-42-111-92(104)105)85(140)127-44-22-35-70(127)86(141)126-43-21-34-69(126)82(137)123-68(47-54-49-113-58-26-12-10-24-56(54)58)81(136)117-63(31-18-40-109-90(100)101)77(132)124-72(52(6)8-2)84(139)119-64(78(133)125-71)32-19-41-110-91(102)103/h9-12,23-26,48-52,59-72,112-113H,7-8,13-22,27-47,93H2,1-6H3,(H,114,128)(H,115,135)(H,116,134)(H,117,136)(H,118,138)(H,119,139)(H,120,129)(H,121,130)(H,122,131)(H,123,137)(H,124,132)(H,125,133)(H4,94,95,106)(H4,96,97,107)(H4,98,99,108)(H4,100,101,109)(H4,102,103,110)(H4,104,105,111)/t51-,52-,59-,60-,61-,62-,63-,64-,65-,66-,67-,68-,69-,70+,71-,72-/m0/s1. The molecular formula is C92H151N35O14. The molecule has 141 heavy (non-hydrogen) atoms. The Hall–Kier alpha value is -14.3. The van der Waals surface area contributed by atoms with Crippen molar-refractivity contribution in [2.45, 2.75) is 280 Å².